The second-order valence-electron chi connectivity index (χ2n) is 13.5. The molecule has 192 valence electrons. The molecule has 1 saturated heterocycles. The number of likely N-dealkylation sites (N-methyl/N-ethyl adjacent to an activating group) is 1. The molecule has 5 saturated carbocycles. The molecular formula is C34H46N2. The van der Waals surface area contributed by atoms with Crippen molar-refractivity contribution in [2.24, 2.45) is 28.6 Å². The van der Waals surface area contributed by atoms with Crippen LogP contribution in [0.15, 0.2) is 54.6 Å². The minimum Gasteiger partial charge on any atom is -0.369 e. The van der Waals surface area contributed by atoms with Crippen LogP contribution in [0.25, 0.3) is 0 Å². The summed E-state index contributed by atoms with van der Waals surface area (Å²) < 4.78 is 0. The highest BCUT2D eigenvalue weighted by atomic mass is 15.3. The third-order valence-corrected chi connectivity index (χ3v) is 11.5. The van der Waals surface area contributed by atoms with Gasteiger partial charge >= 0.3 is 0 Å². The number of nitrogens with zero attached hydrogens (tertiary/aromatic N) is 2. The lowest BCUT2D eigenvalue weighted by Crippen LogP contribution is -2.56. The van der Waals surface area contributed by atoms with Crippen molar-refractivity contribution in [2.75, 3.05) is 37.6 Å². The van der Waals surface area contributed by atoms with E-state index in [2.05, 4.69) is 71.3 Å². The molecule has 6 fully saturated rings. The number of piperazine rings is 1. The van der Waals surface area contributed by atoms with Crippen molar-refractivity contribution < 1.29 is 0 Å². The third-order valence-electron chi connectivity index (χ3n) is 11.5. The highest BCUT2D eigenvalue weighted by molar-refractivity contribution is 5.50. The number of anilines is 1. The van der Waals surface area contributed by atoms with Gasteiger partial charge in [0.15, 0.2) is 0 Å². The summed E-state index contributed by atoms with van der Waals surface area (Å²) in [6, 6.07) is 21.7. The zero-order chi connectivity index (χ0) is 24.2. The van der Waals surface area contributed by atoms with Gasteiger partial charge in [0.1, 0.15) is 0 Å². The Morgan fingerprint density at radius 1 is 0.778 bits per heavy atom. The quantitative estimate of drug-likeness (QED) is 0.415. The van der Waals surface area contributed by atoms with Gasteiger partial charge in [-0.1, -0.05) is 62.2 Å². The average molecular weight is 483 g/mol. The number of benzene rings is 2. The monoisotopic (exact) mass is 482 g/mol. The zero-order valence-electron chi connectivity index (χ0n) is 22.5. The van der Waals surface area contributed by atoms with Gasteiger partial charge in [-0.05, 0) is 110 Å². The molecular weight excluding hydrogens is 436 g/mol. The molecule has 2 nitrogen and oxygen atoms in total. The Morgan fingerprint density at radius 2 is 1.42 bits per heavy atom. The maximum absolute atomic E-state index is 2.60. The molecule has 6 aliphatic rings. The maximum atomic E-state index is 2.60. The third kappa shape index (κ3) is 3.94. The van der Waals surface area contributed by atoms with E-state index < -0.39 is 0 Å². The first-order valence-electron chi connectivity index (χ1n) is 15.3. The van der Waals surface area contributed by atoms with Crippen LogP contribution in [-0.4, -0.2) is 37.6 Å². The van der Waals surface area contributed by atoms with Gasteiger partial charge in [-0.2, -0.15) is 0 Å². The van der Waals surface area contributed by atoms with Crippen molar-refractivity contribution >= 4 is 5.69 Å². The Labute approximate surface area is 219 Å². The molecule has 3 atom stereocenters. The summed E-state index contributed by atoms with van der Waals surface area (Å²) in [6.07, 6.45) is 15.1. The van der Waals surface area contributed by atoms with Gasteiger partial charge in [-0.25, -0.2) is 0 Å². The van der Waals surface area contributed by atoms with Crippen molar-refractivity contribution in [2.45, 2.75) is 77.0 Å². The van der Waals surface area contributed by atoms with Gasteiger partial charge in [0.2, 0.25) is 0 Å². The molecule has 2 aromatic carbocycles. The predicted octanol–water partition coefficient (Wildman–Crippen LogP) is 7.74. The zero-order valence-corrected chi connectivity index (χ0v) is 22.5. The van der Waals surface area contributed by atoms with E-state index in [-0.39, 0.29) is 0 Å². The minimum atomic E-state index is 0.461. The molecule has 3 unspecified atom stereocenters. The first-order chi connectivity index (χ1) is 17.7. The molecule has 4 bridgehead atoms. The molecule has 5 aliphatic carbocycles. The van der Waals surface area contributed by atoms with Crippen molar-refractivity contribution in [3.8, 4) is 0 Å². The molecule has 0 aromatic heterocycles. The summed E-state index contributed by atoms with van der Waals surface area (Å²) in [7, 11) is 0. The van der Waals surface area contributed by atoms with Crippen molar-refractivity contribution in [3.05, 3.63) is 65.7 Å². The number of rotatable bonds is 6. The maximum Gasteiger partial charge on any atom is 0.0367 e. The Hall–Kier alpha value is -1.80. The van der Waals surface area contributed by atoms with Crippen molar-refractivity contribution in [3.63, 3.8) is 0 Å². The van der Waals surface area contributed by atoms with Crippen LogP contribution in [0, 0.1) is 28.6 Å². The Morgan fingerprint density at radius 3 is 2.06 bits per heavy atom. The summed E-state index contributed by atoms with van der Waals surface area (Å²) in [5.74, 6) is 3.53. The molecule has 2 aromatic rings. The highest BCUT2D eigenvalue weighted by Crippen LogP contribution is 2.72. The van der Waals surface area contributed by atoms with E-state index in [0.29, 0.717) is 16.7 Å². The van der Waals surface area contributed by atoms with E-state index in [1.807, 2.05) is 0 Å². The molecule has 0 amide bonds. The molecule has 1 heterocycles. The van der Waals surface area contributed by atoms with Crippen LogP contribution in [0.5, 0.6) is 0 Å². The molecule has 8 rings (SSSR count). The van der Waals surface area contributed by atoms with E-state index in [1.165, 1.54) is 76.7 Å². The van der Waals surface area contributed by atoms with Crippen LogP contribution >= 0.6 is 0 Å². The fraction of sp³-hybridized carbons (Fsp3) is 0.647. The van der Waals surface area contributed by atoms with E-state index in [0.717, 1.165) is 30.8 Å². The van der Waals surface area contributed by atoms with E-state index in [1.54, 1.807) is 24.0 Å². The van der Waals surface area contributed by atoms with E-state index in [4.69, 9.17) is 0 Å². The largest absolute Gasteiger partial charge is 0.369 e. The van der Waals surface area contributed by atoms with Crippen LogP contribution in [0.2, 0.25) is 0 Å². The highest BCUT2D eigenvalue weighted by Gasteiger charge is 2.62. The van der Waals surface area contributed by atoms with Gasteiger partial charge in [0.05, 0.1) is 0 Å². The summed E-state index contributed by atoms with van der Waals surface area (Å²) in [6.45, 7) is 8.17. The van der Waals surface area contributed by atoms with Crippen LogP contribution in [0.3, 0.4) is 0 Å². The molecule has 1 aliphatic heterocycles. The fourth-order valence-electron chi connectivity index (χ4n) is 10.5. The standard InChI is InChI=1S/C34H46N2/c1-2-35-16-18-36(19-17-35)31-14-12-29(13-15-31)32(28-8-4-3-5-9-28)34-23-26-20-27(24-34)22-33(21-26,25-34)30-10-6-7-11-30/h3-5,8-9,12-15,26-27,30,32H,2,6-7,10-11,16-25H2,1H3. The second-order valence-corrected chi connectivity index (χ2v) is 13.5. The number of hydrogen-bond donors (Lipinski definition) is 0. The summed E-state index contributed by atoms with van der Waals surface area (Å²) in [4.78, 5) is 5.18. The molecule has 36 heavy (non-hydrogen) atoms. The van der Waals surface area contributed by atoms with E-state index >= 15 is 0 Å². The molecule has 2 heteroatoms. The first kappa shape index (κ1) is 23.3. The summed E-state index contributed by atoms with van der Waals surface area (Å²) in [5.41, 5.74) is 5.70. The average Bonchev–Trinajstić information content (AvgIpc) is 3.46. The molecule has 0 radical (unpaired) electrons. The second kappa shape index (κ2) is 9.19. The van der Waals surface area contributed by atoms with Crippen molar-refractivity contribution in [1.29, 1.82) is 0 Å². The fourth-order valence-corrected chi connectivity index (χ4v) is 10.5. The van der Waals surface area contributed by atoms with Gasteiger partial charge in [-0.3, -0.25) is 0 Å². The summed E-state index contributed by atoms with van der Waals surface area (Å²) in [5, 5.41) is 0. The Bertz CT molecular complexity index is 1010. The lowest BCUT2D eigenvalue weighted by Gasteiger charge is -2.66. The Kier molecular flexibility index (Phi) is 5.96. The normalized spacial score (nSPS) is 35.4. The Balaban J connectivity index is 1.23. The SMILES string of the molecule is CCN1CCN(c2ccc(C(c3ccccc3)C34CC5CC(CC(C6CCCC6)(C5)C3)C4)cc2)CC1. The van der Waals surface area contributed by atoms with Gasteiger partial charge in [0, 0.05) is 37.8 Å². The molecule has 0 N–H and O–H groups in total. The predicted molar refractivity (Wildman–Crippen MR) is 151 cm³/mol. The summed E-state index contributed by atoms with van der Waals surface area (Å²) >= 11 is 0. The molecule has 0 spiro atoms. The van der Waals surface area contributed by atoms with Crippen LogP contribution in [0.1, 0.15) is 88.2 Å². The lowest BCUT2D eigenvalue weighted by molar-refractivity contribution is -0.141. The van der Waals surface area contributed by atoms with Gasteiger partial charge in [-0.15, -0.1) is 0 Å². The number of hydrogen-bond acceptors (Lipinski definition) is 2. The topological polar surface area (TPSA) is 6.48 Å². The smallest absolute Gasteiger partial charge is 0.0367 e. The van der Waals surface area contributed by atoms with Gasteiger partial charge < -0.3 is 9.80 Å². The van der Waals surface area contributed by atoms with Crippen molar-refractivity contribution in [1.82, 2.24) is 4.90 Å². The van der Waals surface area contributed by atoms with Crippen LogP contribution < -0.4 is 4.90 Å². The lowest BCUT2D eigenvalue weighted by atomic mass is 9.38. The minimum absolute atomic E-state index is 0.461. The van der Waals surface area contributed by atoms with E-state index in [9.17, 15) is 0 Å². The first-order valence-corrected chi connectivity index (χ1v) is 15.3. The van der Waals surface area contributed by atoms with Crippen LogP contribution in [0.4, 0.5) is 5.69 Å². The van der Waals surface area contributed by atoms with Crippen LogP contribution in [-0.2, 0) is 0 Å². The van der Waals surface area contributed by atoms with Gasteiger partial charge in [0.25, 0.3) is 0 Å².